The van der Waals surface area contributed by atoms with Crippen LogP contribution in [0.25, 0.3) is 0 Å². The van der Waals surface area contributed by atoms with Gasteiger partial charge in [0.15, 0.2) is 5.70 Å². The third-order valence-corrected chi connectivity index (χ3v) is 4.26. The standard InChI is InChI=1S/C17H20N4O3/c22-17(21(23)24)14-9-10-18-16(19-14)15(13-7-3-1-4-8-13)20-11-5-2-6-12-20/h1,3-4,7-10,15,22H,2,5-6,11-12H2,(H,18,19). The average molecular weight is 328 g/mol. The van der Waals surface area contributed by atoms with E-state index in [-0.39, 0.29) is 11.7 Å². The number of benzene rings is 1. The van der Waals surface area contributed by atoms with Gasteiger partial charge in [-0.15, -0.1) is 0 Å². The minimum Gasteiger partial charge on any atom is -0.454 e. The number of aliphatic imine (C=N–C) groups is 1. The maximum atomic E-state index is 10.8. The topological polar surface area (TPSA) is 91.0 Å². The monoisotopic (exact) mass is 328 g/mol. The van der Waals surface area contributed by atoms with E-state index in [4.69, 9.17) is 0 Å². The van der Waals surface area contributed by atoms with Gasteiger partial charge >= 0.3 is 5.88 Å². The molecule has 126 valence electrons. The average Bonchev–Trinajstić information content (AvgIpc) is 2.63. The van der Waals surface area contributed by atoms with Crippen LogP contribution in [-0.2, 0) is 0 Å². The molecule has 7 nitrogen and oxygen atoms in total. The molecule has 7 heteroatoms. The number of nitrogens with zero attached hydrogens (tertiary/aromatic N) is 3. The first-order valence-electron chi connectivity index (χ1n) is 8.04. The van der Waals surface area contributed by atoms with Gasteiger partial charge in [-0.05, 0) is 37.6 Å². The number of aliphatic hydroxyl groups is 1. The molecule has 1 fully saturated rings. The highest BCUT2D eigenvalue weighted by atomic mass is 16.7. The van der Waals surface area contributed by atoms with E-state index in [0.717, 1.165) is 31.5 Å². The number of nitro groups is 1. The molecule has 0 spiro atoms. The summed E-state index contributed by atoms with van der Waals surface area (Å²) in [7, 11) is 0. The van der Waals surface area contributed by atoms with Crippen LogP contribution >= 0.6 is 0 Å². The van der Waals surface area contributed by atoms with Crippen LogP contribution in [0.4, 0.5) is 0 Å². The summed E-state index contributed by atoms with van der Waals surface area (Å²) in [5, 5.41) is 23.4. The molecule has 2 aliphatic heterocycles. The SMILES string of the molecule is O=[N+]([O-])C(O)=C1C=CN=C(C(c2ccccc2)N2CCCCC2)N1. The lowest BCUT2D eigenvalue weighted by molar-refractivity contribution is -0.460. The normalized spacial score (nSPS) is 21.6. The molecule has 0 bridgehead atoms. The van der Waals surface area contributed by atoms with Gasteiger partial charge < -0.3 is 10.4 Å². The van der Waals surface area contributed by atoms with Crippen LogP contribution in [-0.4, -0.2) is 33.9 Å². The molecular weight excluding hydrogens is 308 g/mol. The van der Waals surface area contributed by atoms with E-state index in [9.17, 15) is 15.2 Å². The maximum absolute atomic E-state index is 10.8. The molecule has 0 aliphatic carbocycles. The first kappa shape index (κ1) is 16.2. The summed E-state index contributed by atoms with van der Waals surface area (Å²) in [5.74, 6) is -0.307. The molecule has 0 saturated carbocycles. The van der Waals surface area contributed by atoms with E-state index in [1.54, 1.807) is 0 Å². The highest BCUT2D eigenvalue weighted by Gasteiger charge is 2.29. The summed E-state index contributed by atoms with van der Waals surface area (Å²) < 4.78 is 0. The molecule has 2 N–H and O–H groups in total. The summed E-state index contributed by atoms with van der Waals surface area (Å²) >= 11 is 0. The fourth-order valence-corrected chi connectivity index (χ4v) is 3.13. The van der Waals surface area contributed by atoms with Crippen molar-refractivity contribution in [2.45, 2.75) is 25.3 Å². The first-order valence-corrected chi connectivity index (χ1v) is 8.04. The Morgan fingerprint density at radius 2 is 1.96 bits per heavy atom. The molecule has 1 aromatic rings. The van der Waals surface area contributed by atoms with Crippen molar-refractivity contribution < 1.29 is 10.0 Å². The van der Waals surface area contributed by atoms with Crippen molar-refractivity contribution in [1.82, 2.24) is 10.2 Å². The van der Waals surface area contributed by atoms with E-state index in [2.05, 4.69) is 15.2 Å². The Kier molecular flexibility index (Phi) is 4.90. The van der Waals surface area contributed by atoms with Crippen molar-refractivity contribution in [2.24, 2.45) is 4.99 Å². The van der Waals surface area contributed by atoms with Gasteiger partial charge in [-0.25, -0.2) is 4.99 Å². The molecule has 24 heavy (non-hydrogen) atoms. The minimum atomic E-state index is -0.899. The number of allylic oxidation sites excluding steroid dienone is 1. The molecule has 0 radical (unpaired) electrons. The lowest BCUT2D eigenvalue weighted by Gasteiger charge is -2.36. The molecule has 2 heterocycles. The largest absolute Gasteiger partial charge is 0.454 e. The Bertz CT molecular complexity index is 691. The Morgan fingerprint density at radius 1 is 1.25 bits per heavy atom. The quantitative estimate of drug-likeness (QED) is 0.504. The number of aliphatic hydroxyl groups excluding tert-OH is 1. The van der Waals surface area contributed by atoms with Crippen molar-refractivity contribution in [3.63, 3.8) is 0 Å². The van der Waals surface area contributed by atoms with Gasteiger partial charge in [0.2, 0.25) is 0 Å². The van der Waals surface area contributed by atoms with Gasteiger partial charge in [-0.1, -0.05) is 36.8 Å². The predicted octanol–water partition coefficient (Wildman–Crippen LogP) is 2.73. The Labute approximate surface area is 140 Å². The van der Waals surface area contributed by atoms with Crippen molar-refractivity contribution in [2.75, 3.05) is 13.1 Å². The van der Waals surface area contributed by atoms with E-state index in [0.29, 0.717) is 5.84 Å². The molecule has 2 aliphatic rings. The minimum absolute atomic E-state index is 0.0583. The van der Waals surface area contributed by atoms with Crippen molar-refractivity contribution >= 4 is 5.84 Å². The van der Waals surface area contributed by atoms with Crippen LogP contribution in [0, 0.1) is 10.1 Å². The number of piperidine rings is 1. The Hall–Kier alpha value is -2.67. The van der Waals surface area contributed by atoms with Crippen LogP contribution in [0.5, 0.6) is 0 Å². The highest BCUT2D eigenvalue weighted by molar-refractivity contribution is 5.91. The third-order valence-electron chi connectivity index (χ3n) is 4.26. The van der Waals surface area contributed by atoms with Gasteiger partial charge in [0, 0.05) is 6.20 Å². The van der Waals surface area contributed by atoms with Crippen LogP contribution in [0.1, 0.15) is 30.9 Å². The predicted molar refractivity (Wildman–Crippen MR) is 91.0 cm³/mol. The van der Waals surface area contributed by atoms with E-state index >= 15 is 0 Å². The van der Waals surface area contributed by atoms with Gasteiger partial charge in [-0.3, -0.25) is 15.0 Å². The van der Waals surface area contributed by atoms with E-state index in [1.807, 2.05) is 30.3 Å². The Morgan fingerprint density at radius 3 is 2.62 bits per heavy atom. The van der Waals surface area contributed by atoms with Crippen LogP contribution in [0.15, 0.2) is 59.2 Å². The second-order valence-corrected chi connectivity index (χ2v) is 5.86. The van der Waals surface area contributed by atoms with Crippen LogP contribution < -0.4 is 5.32 Å². The second-order valence-electron chi connectivity index (χ2n) is 5.86. The van der Waals surface area contributed by atoms with Crippen molar-refractivity contribution in [3.8, 4) is 0 Å². The molecule has 1 aromatic carbocycles. The van der Waals surface area contributed by atoms with Gasteiger partial charge in [0.25, 0.3) is 0 Å². The van der Waals surface area contributed by atoms with E-state index < -0.39 is 10.8 Å². The molecule has 0 amide bonds. The number of nitrogens with one attached hydrogen (secondary N) is 1. The molecule has 1 unspecified atom stereocenters. The zero-order valence-electron chi connectivity index (χ0n) is 13.3. The second kappa shape index (κ2) is 7.27. The number of hydrogen-bond acceptors (Lipinski definition) is 6. The zero-order chi connectivity index (χ0) is 16.9. The van der Waals surface area contributed by atoms with Gasteiger partial charge in [-0.2, -0.15) is 0 Å². The molecule has 0 aromatic heterocycles. The molecular formula is C17H20N4O3. The summed E-state index contributed by atoms with van der Waals surface area (Å²) in [6, 6.07) is 9.83. The van der Waals surface area contributed by atoms with E-state index in [1.165, 1.54) is 18.7 Å². The lowest BCUT2D eigenvalue weighted by Crippen LogP contribution is -2.43. The zero-order valence-corrected chi connectivity index (χ0v) is 13.3. The smallest absolute Gasteiger partial charge is 0.449 e. The van der Waals surface area contributed by atoms with Gasteiger partial charge in [0.05, 0.1) is 6.04 Å². The number of hydrogen-bond donors (Lipinski definition) is 2. The number of likely N-dealkylation sites (tertiary alicyclic amines) is 1. The first-order chi connectivity index (χ1) is 11.7. The summed E-state index contributed by atoms with van der Waals surface area (Å²) in [6.07, 6.45) is 6.34. The van der Waals surface area contributed by atoms with Crippen molar-refractivity contribution in [3.05, 3.63) is 69.9 Å². The van der Waals surface area contributed by atoms with Crippen LogP contribution in [0.2, 0.25) is 0 Å². The lowest BCUT2D eigenvalue weighted by atomic mass is 10.00. The third kappa shape index (κ3) is 3.46. The fraction of sp³-hybridized carbons (Fsp3) is 0.353. The number of rotatable bonds is 4. The summed E-state index contributed by atoms with van der Waals surface area (Å²) in [6.45, 7) is 1.90. The molecule has 1 saturated heterocycles. The number of amidine groups is 1. The molecule has 1 atom stereocenters. The fourth-order valence-electron chi connectivity index (χ4n) is 3.13. The van der Waals surface area contributed by atoms with Crippen LogP contribution in [0.3, 0.4) is 0 Å². The maximum Gasteiger partial charge on any atom is 0.449 e. The molecule has 3 rings (SSSR count). The highest BCUT2D eigenvalue weighted by Crippen LogP contribution is 2.27. The van der Waals surface area contributed by atoms with Gasteiger partial charge in [0.1, 0.15) is 10.8 Å². The Balaban J connectivity index is 1.94. The summed E-state index contributed by atoms with van der Waals surface area (Å²) in [4.78, 5) is 16.7. The summed E-state index contributed by atoms with van der Waals surface area (Å²) in [5.41, 5.74) is 1.13. The van der Waals surface area contributed by atoms with Crippen molar-refractivity contribution in [1.29, 1.82) is 0 Å².